The molecule has 2 aromatic carbocycles. The Morgan fingerprint density at radius 2 is 2.16 bits per heavy atom. The van der Waals surface area contributed by atoms with Gasteiger partial charge in [0, 0.05) is 31.1 Å². The van der Waals surface area contributed by atoms with Gasteiger partial charge in [0.15, 0.2) is 0 Å². The molecule has 2 heterocycles. The molecule has 1 amide bonds. The molecule has 0 bridgehead atoms. The van der Waals surface area contributed by atoms with Crippen molar-refractivity contribution in [3.63, 3.8) is 0 Å². The lowest BCUT2D eigenvalue weighted by atomic mass is 10.0. The number of piperazine rings is 1. The van der Waals surface area contributed by atoms with Crippen molar-refractivity contribution >= 4 is 17.5 Å². The van der Waals surface area contributed by atoms with Gasteiger partial charge in [-0.2, -0.15) is 0 Å². The van der Waals surface area contributed by atoms with Crippen molar-refractivity contribution in [1.82, 2.24) is 10.2 Å². The van der Waals surface area contributed by atoms with Gasteiger partial charge in [-0.3, -0.25) is 4.79 Å². The van der Waals surface area contributed by atoms with Crippen molar-refractivity contribution in [2.45, 2.75) is 18.9 Å². The molecular formula is C20H21ClN2O2. The van der Waals surface area contributed by atoms with Crippen LogP contribution in [0.1, 0.15) is 22.7 Å². The zero-order chi connectivity index (χ0) is 17.2. The van der Waals surface area contributed by atoms with Crippen LogP contribution in [0.2, 0.25) is 5.02 Å². The van der Waals surface area contributed by atoms with E-state index in [-0.39, 0.29) is 11.9 Å². The fraction of sp³-hybridized carbons (Fsp3) is 0.350. The van der Waals surface area contributed by atoms with E-state index in [1.807, 2.05) is 41.3 Å². The quantitative estimate of drug-likeness (QED) is 0.919. The summed E-state index contributed by atoms with van der Waals surface area (Å²) in [4.78, 5) is 14.9. The van der Waals surface area contributed by atoms with Crippen molar-refractivity contribution in [2.24, 2.45) is 0 Å². The van der Waals surface area contributed by atoms with Crippen LogP contribution in [-0.4, -0.2) is 37.0 Å². The molecule has 0 aliphatic carbocycles. The minimum Gasteiger partial charge on any atom is -0.493 e. The second-order valence-electron chi connectivity index (χ2n) is 6.55. The molecule has 0 aromatic heterocycles. The van der Waals surface area contributed by atoms with E-state index in [4.69, 9.17) is 16.3 Å². The smallest absolute Gasteiger partial charge is 0.227 e. The van der Waals surface area contributed by atoms with Crippen LogP contribution in [0.15, 0.2) is 42.5 Å². The maximum atomic E-state index is 13.0. The molecule has 0 spiro atoms. The summed E-state index contributed by atoms with van der Waals surface area (Å²) in [6.07, 6.45) is 1.33. The maximum absolute atomic E-state index is 13.0. The summed E-state index contributed by atoms with van der Waals surface area (Å²) in [6, 6.07) is 13.8. The number of carbonyl (C=O) groups excluding carboxylic acids is 1. The van der Waals surface area contributed by atoms with Gasteiger partial charge in [0.25, 0.3) is 0 Å². The molecule has 4 rings (SSSR count). The number of ether oxygens (including phenoxy) is 1. The zero-order valence-electron chi connectivity index (χ0n) is 14.0. The van der Waals surface area contributed by atoms with Gasteiger partial charge in [0.05, 0.1) is 19.1 Å². The first-order valence-corrected chi connectivity index (χ1v) is 9.09. The highest BCUT2D eigenvalue weighted by atomic mass is 35.5. The third-order valence-corrected chi connectivity index (χ3v) is 5.28. The Labute approximate surface area is 152 Å². The molecule has 130 valence electrons. The number of hydrogen-bond donors (Lipinski definition) is 1. The average Bonchev–Trinajstić information content (AvgIpc) is 3.10. The molecule has 0 radical (unpaired) electrons. The van der Waals surface area contributed by atoms with Crippen LogP contribution in [0, 0.1) is 0 Å². The number of carbonyl (C=O) groups is 1. The third-order valence-electron chi connectivity index (χ3n) is 4.94. The first kappa shape index (κ1) is 16.4. The van der Waals surface area contributed by atoms with Crippen LogP contribution in [-0.2, 0) is 17.6 Å². The summed E-state index contributed by atoms with van der Waals surface area (Å²) in [5.74, 6) is 1.10. The van der Waals surface area contributed by atoms with E-state index >= 15 is 0 Å². The lowest BCUT2D eigenvalue weighted by molar-refractivity contribution is -0.133. The van der Waals surface area contributed by atoms with E-state index in [9.17, 15) is 4.79 Å². The number of rotatable bonds is 3. The highest BCUT2D eigenvalue weighted by Crippen LogP contribution is 2.30. The van der Waals surface area contributed by atoms with E-state index in [1.54, 1.807) is 0 Å². The molecule has 1 atom stereocenters. The third kappa shape index (κ3) is 3.37. The molecule has 1 N–H and O–H groups in total. The molecule has 2 aromatic rings. The predicted octanol–water partition coefficient (Wildman–Crippen LogP) is 2.99. The largest absolute Gasteiger partial charge is 0.493 e. The first-order valence-electron chi connectivity index (χ1n) is 8.71. The van der Waals surface area contributed by atoms with Gasteiger partial charge in [-0.25, -0.2) is 0 Å². The molecular weight excluding hydrogens is 336 g/mol. The number of halogens is 1. The minimum absolute atomic E-state index is 0.0206. The second-order valence-corrected chi connectivity index (χ2v) is 6.95. The van der Waals surface area contributed by atoms with Crippen LogP contribution in [0.3, 0.4) is 0 Å². The first-order chi connectivity index (χ1) is 12.2. The van der Waals surface area contributed by atoms with E-state index in [2.05, 4.69) is 11.4 Å². The van der Waals surface area contributed by atoms with Gasteiger partial charge in [-0.1, -0.05) is 41.9 Å². The fourth-order valence-electron chi connectivity index (χ4n) is 3.65. The summed E-state index contributed by atoms with van der Waals surface area (Å²) in [5.41, 5.74) is 3.26. The summed E-state index contributed by atoms with van der Waals surface area (Å²) in [6.45, 7) is 2.97. The Balaban J connectivity index is 1.54. The molecule has 1 unspecified atom stereocenters. The van der Waals surface area contributed by atoms with Crippen molar-refractivity contribution in [3.8, 4) is 5.75 Å². The minimum atomic E-state index is -0.0206. The lowest BCUT2D eigenvalue weighted by Gasteiger charge is -2.37. The van der Waals surface area contributed by atoms with E-state index < -0.39 is 0 Å². The number of nitrogens with one attached hydrogen (secondary N) is 1. The lowest BCUT2D eigenvalue weighted by Crippen LogP contribution is -2.49. The monoisotopic (exact) mass is 356 g/mol. The summed E-state index contributed by atoms with van der Waals surface area (Å²) < 4.78 is 5.54. The number of nitrogens with zero attached hydrogens (tertiary/aromatic N) is 1. The second kappa shape index (κ2) is 7.06. The molecule has 5 heteroatoms. The Morgan fingerprint density at radius 3 is 3.04 bits per heavy atom. The highest BCUT2D eigenvalue weighted by Gasteiger charge is 2.29. The van der Waals surface area contributed by atoms with Crippen LogP contribution < -0.4 is 10.1 Å². The van der Waals surface area contributed by atoms with Crippen molar-refractivity contribution in [2.75, 3.05) is 26.2 Å². The van der Waals surface area contributed by atoms with E-state index in [0.29, 0.717) is 18.0 Å². The molecule has 1 saturated heterocycles. The van der Waals surface area contributed by atoms with Gasteiger partial charge in [-0.05, 0) is 28.8 Å². The topological polar surface area (TPSA) is 41.6 Å². The van der Waals surface area contributed by atoms with Crippen molar-refractivity contribution in [3.05, 3.63) is 64.2 Å². The molecule has 25 heavy (non-hydrogen) atoms. The SMILES string of the molecule is O=C(Cc1ccc2c(c1)CCO2)N1CCNCC1c1ccccc1Cl. The van der Waals surface area contributed by atoms with Crippen molar-refractivity contribution in [1.29, 1.82) is 0 Å². The standard InChI is InChI=1S/C20H21ClN2O2/c21-17-4-2-1-3-16(17)18-13-22-8-9-23(18)20(24)12-14-5-6-19-15(11-14)7-10-25-19/h1-6,11,18,22H,7-10,12-13H2. The number of amides is 1. The summed E-state index contributed by atoms with van der Waals surface area (Å²) >= 11 is 6.37. The molecule has 2 aliphatic rings. The zero-order valence-corrected chi connectivity index (χ0v) is 14.8. The molecule has 2 aliphatic heterocycles. The number of hydrogen-bond acceptors (Lipinski definition) is 3. The Kier molecular flexibility index (Phi) is 4.64. The van der Waals surface area contributed by atoms with Crippen molar-refractivity contribution < 1.29 is 9.53 Å². The number of benzene rings is 2. The van der Waals surface area contributed by atoms with Gasteiger partial charge >= 0.3 is 0 Å². The van der Waals surface area contributed by atoms with Gasteiger partial charge in [0.1, 0.15) is 5.75 Å². The highest BCUT2D eigenvalue weighted by molar-refractivity contribution is 6.31. The average molecular weight is 357 g/mol. The molecule has 1 fully saturated rings. The molecule has 0 saturated carbocycles. The summed E-state index contributed by atoms with van der Waals surface area (Å²) in [7, 11) is 0. The van der Waals surface area contributed by atoms with Crippen LogP contribution in [0.5, 0.6) is 5.75 Å². The Hall–Kier alpha value is -2.04. The van der Waals surface area contributed by atoms with Gasteiger partial charge in [-0.15, -0.1) is 0 Å². The van der Waals surface area contributed by atoms with Gasteiger partial charge < -0.3 is 15.0 Å². The predicted molar refractivity (Wildman–Crippen MR) is 98.1 cm³/mol. The van der Waals surface area contributed by atoms with Crippen LogP contribution in [0.25, 0.3) is 0 Å². The van der Waals surface area contributed by atoms with E-state index in [0.717, 1.165) is 43.0 Å². The summed E-state index contributed by atoms with van der Waals surface area (Å²) in [5, 5.41) is 4.09. The van der Waals surface area contributed by atoms with Crippen LogP contribution in [0.4, 0.5) is 0 Å². The Morgan fingerprint density at radius 1 is 1.28 bits per heavy atom. The fourth-order valence-corrected chi connectivity index (χ4v) is 3.91. The molecule has 4 nitrogen and oxygen atoms in total. The van der Waals surface area contributed by atoms with Gasteiger partial charge in [0.2, 0.25) is 5.91 Å². The van der Waals surface area contributed by atoms with E-state index in [1.165, 1.54) is 5.56 Å². The Bertz CT molecular complexity index is 793. The normalized spacial score (nSPS) is 19.4. The maximum Gasteiger partial charge on any atom is 0.227 e. The van der Waals surface area contributed by atoms with Crippen LogP contribution >= 0.6 is 11.6 Å². The number of fused-ring (bicyclic) bond motifs is 1.